The normalized spacial score (nSPS) is 12.8. The van der Waals surface area contributed by atoms with Crippen LogP contribution in [-0.2, 0) is 11.3 Å². The third-order valence-corrected chi connectivity index (χ3v) is 3.06. The molecule has 0 saturated heterocycles. The quantitative estimate of drug-likeness (QED) is 0.782. The van der Waals surface area contributed by atoms with Crippen LogP contribution in [0.2, 0.25) is 0 Å². The lowest BCUT2D eigenvalue weighted by atomic mass is 10.1. The van der Waals surface area contributed by atoms with Crippen molar-refractivity contribution in [2.45, 2.75) is 52.2 Å². The summed E-state index contributed by atoms with van der Waals surface area (Å²) >= 11 is 0. The average Bonchev–Trinajstić information content (AvgIpc) is 2.82. The van der Waals surface area contributed by atoms with Gasteiger partial charge in [0.15, 0.2) is 0 Å². The maximum Gasteiger partial charge on any atom is 0.243 e. The Hall–Kier alpha value is -1.36. The van der Waals surface area contributed by atoms with Crippen molar-refractivity contribution in [3.8, 4) is 0 Å². The number of carbonyl (C=O) groups is 1. The second kappa shape index (κ2) is 6.39. The Morgan fingerprint density at radius 1 is 1.53 bits per heavy atom. The van der Waals surface area contributed by atoms with E-state index in [2.05, 4.69) is 24.1 Å². The highest BCUT2D eigenvalue weighted by atomic mass is 16.2. The molecule has 0 aliphatic carbocycles. The predicted octanol–water partition coefficient (Wildman–Crippen LogP) is 1.21. The number of hydrogen-bond donors (Lipinski definition) is 2. The number of aromatic nitrogens is 2. The molecule has 1 atom stereocenters. The van der Waals surface area contributed by atoms with Crippen molar-refractivity contribution < 1.29 is 4.79 Å². The largest absolute Gasteiger partial charge is 0.352 e. The summed E-state index contributed by atoms with van der Waals surface area (Å²) in [4.78, 5) is 16.2. The first-order valence-corrected chi connectivity index (χ1v) is 6.16. The highest BCUT2D eigenvalue weighted by Crippen LogP contribution is 2.10. The fraction of sp³-hybridized carbons (Fsp3) is 0.667. The van der Waals surface area contributed by atoms with Crippen molar-refractivity contribution in [2.75, 3.05) is 0 Å². The van der Waals surface area contributed by atoms with Gasteiger partial charge in [0, 0.05) is 18.4 Å². The van der Waals surface area contributed by atoms with Crippen LogP contribution in [0.15, 0.2) is 12.4 Å². The van der Waals surface area contributed by atoms with E-state index < -0.39 is 0 Å². The number of hydrogen-bond acceptors (Lipinski definition) is 3. The van der Waals surface area contributed by atoms with Crippen molar-refractivity contribution in [1.29, 1.82) is 0 Å². The van der Waals surface area contributed by atoms with Gasteiger partial charge in [-0.2, -0.15) is 0 Å². The van der Waals surface area contributed by atoms with Crippen LogP contribution < -0.4 is 11.1 Å². The van der Waals surface area contributed by atoms with Gasteiger partial charge in [-0.15, -0.1) is 0 Å². The molecule has 0 bridgehead atoms. The topological polar surface area (TPSA) is 72.9 Å². The van der Waals surface area contributed by atoms with Gasteiger partial charge in [-0.05, 0) is 19.8 Å². The van der Waals surface area contributed by atoms with Crippen molar-refractivity contribution in [3.05, 3.63) is 18.2 Å². The molecule has 1 aromatic rings. The van der Waals surface area contributed by atoms with Crippen molar-refractivity contribution >= 4 is 5.91 Å². The third kappa shape index (κ3) is 3.30. The minimum Gasteiger partial charge on any atom is -0.352 e. The lowest BCUT2D eigenvalue weighted by Gasteiger charge is -2.20. The van der Waals surface area contributed by atoms with E-state index in [-0.39, 0.29) is 18.0 Å². The number of nitrogens with two attached hydrogens (primary N) is 1. The standard InChI is InChI=1S/C12H22N4O/c1-4-10(5-2)15-12(17)9(3)16-7-6-14-11(16)8-13/h6-7,9-10H,4-5,8,13H2,1-3H3,(H,15,17). The van der Waals surface area contributed by atoms with E-state index in [0.717, 1.165) is 18.7 Å². The van der Waals surface area contributed by atoms with Gasteiger partial charge in [0.2, 0.25) is 5.91 Å². The van der Waals surface area contributed by atoms with Crippen LogP contribution in [0.1, 0.15) is 45.5 Å². The zero-order valence-corrected chi connectivity index (χ0v) is 10.8. The Labute approximate surface area is 102 Å². The summed E-state index contributed by atoms with van der Waals surface area (Å²) in [6, 6.07) is -0.0218. The van der Waals surface area contributed by atoms with Gasteiger partial charge in [-0.25, -0.2) is 4.98 Å². The van der Waals surface area contributed by atoms with Gasteiger partial charge < -0.3 is 15.6 Å². The lowest BCUT2D eigenvalue weighted by molar-refractivity contribution is -0.124. The molecular formula is C12H22N4O. The van der Waals surface area contributed by atoms with E-state index in [1.165, 1.54) is 0 Å². The average molecular weight is 238 g/mol. The second-order valence-corrected chi connectivity index (χ2v) is 4.15. The van der Waals surface area contributed by atoms with Crippen LogP contribution in [0.4, 0.5) is 0 Å². The Balaban J connectivity index is 2.69. The number of carbonyl (C=O) groups excluding carboxylic acids is 1. The molecule has 5 nitrogen and oxygen atoms in total. The zero-order valence-electron chi connectivity index (χ0n) is 10.8. The van der Waals surface area contributed by atoms with Crippen LogP contribution in [0.25, 0.3) is 0 Å². The second-order valence-electron chi connectivity index (χ2n) is 4.15. The zero-order chi connectivity index (χ0) is 12.8. The molecule has 17 heavy (non-hydrogen) atoms. The molecule has 0 aliphatic rings. The molecule has 0 radical (unpaired) electrons. The SMILES string of the molecule is CCC(CC)NC(=O)C(C)n1ccnc1CN. The molecule has 1 amide bonds. The van der Waals surface area contributed by atoms with E-state index in [1.54, 1.807) is 12.4 Å². The highest BCUT2D eigenvalue weighted by molar-refractivity contribution is 5.80. The van der Waals surface area contributed by atoms with E-state index in [9.17, 15) is 4.79 Å². The van der Waals surface area contributed by atoms with Gasteiger partial charge in [-0.1, -0.05) is 13.8 Å². The summed E-state index contributed by atoms with van der Waals surface area (Å²) in [6.45, 7) is 6.34. The molecule has 5 heteroatoms. The summed E-state index contributed by atoms with van der Waals surface area (Å²) in [7, 11) is 0. The number of imidazole rings is 1. The fourth-order valence-corrected chi connectivity index (χ4v) is 1.80. The molecular weight excluding hydrogens is 216 g/mol. The maximum atomic E-state index is 12.0. The molecule has 96 valence electrons. The molecule has 0 spiro atoms. The molecule has 0 saturated carbocycles. The Kier molecular flexibility index (Phi) is 5.15. The van der Waals surface area contributed by atoms with E-state index in [1.807, 2.05) is 11.5 Å². The molecule has 1 unspecified atom stereocenters. The van der Waals surface area contributed by atoms with Crippen LogP contribution in [0, 0.1) is 0 Å². The summed E-state index contributed by atoms with van der Waals surface area (Å²) in [5.41, 5.74) is 5.57. The van der Waals surface area contributed by atoms with Gasteiger partial charge in [-0.3, -0.25) is 4.79 Å². The molecule has 0 fully saturated rings. The Bertz CT molecular complexity index is 357. The van der Waals surface area contributed by atoms with E-state index >= 15 is 0 Å². The van der Waals surface area contributed by atoms with Gasteiger partial charge in [0.25, 0.3) is 0 Å². The summed E-state index contributed by atoms with van der Waals surface area (Å²) in [5, 5.41) is 3.03. The molecule has 3 N–H and O–H groups in total. The Morgan fingerprint density at radius 2 is 2.18 bits per heavy atom. The first-order chi connectivity index (χ1) is 8.13. The van der Waals surface area contributed by atoms with Gasteiger partial charge >= 0.3 is 0 Å². The summed E-state index contributed by atoms with van der Waals surface area (Å²) in [6.07, 6.45) is 5.35. The maximum absolute atomic E-state index is 12.0. The number of rotatable bonds is 6. The number of nitrogens with one attached hydrogen (secondary N) is 1. The Morgan fingerprint density at radius 3 is 2.71 bits per heavy atom. The molecule has 1 heterocycles. The van der Waals surface area contributed by atoms with Crippen LogP contribution in [0.5, 0.6) is 0 Å². The van der Waals surface area contributed by atoms with Gasteiger partial charge in [0.1, 0.15) is 11.9 Å². The van der Waals surface area contributed by atoms with E-state index in [4.69, 9.17) is 5.73 Å². The van der Waals surface area contributed by atoms with Crippen molar-refractivity contribution in [3.63, 3.8) is 0 Å². The summed E-state index contributed by atoms with van der Waals surface area (Å²) < 4.78 is 1.82. The minimum absolute atomic E-state index is 0.0198. The fourth-order valence-electron chi connectivity index (χ4n) is 1.80. The third-order valence-electron chi connectivity index (χ3n) is 3.06. The van der Waals surface area contributed by atoms with Crippen LogP contribution in [-0.4, -0.2) is 21.5 Å². The highest BCUT2D eigenvalue weighted by Gasteiger charge is 2.18. The molecule has 1 aromatic heterocycles. The summed E-state index contributed by atoms with van der Waals surface area (Å²) in [5.74, 6) is 0.753. The number of nitrogens with zero attached hydrogens (tertiary/aromatic N) is 2. The molecule has 0 aliphatic heterocycles. The van der Waals surface area contributed by atoms with Crippen LogP contribution in [0.3, 0.4) is 0 Å². The van der Waals surface area contributed by atoms with Gasteiger partial charge in [0.05, 0.1) is 6.54 Å². The first-order valence-electron chi connectivity index (χ1n) is 6.16. The monoisotopic (exact) mass is 238 g/mol. The van der Waals surface area contributed by atoms with Crippen molar-refractivity contribution in [2.24, 2.45) is 5.73 Å². The van der Waals surface area contributed by atoms with E-state index in [0.29, 0.717) is 6.54 Å². The predicted molar refractivity (Wildman–Crippen MR) is 67.3 cm³/mol. The smallest absolute Gasteiger partial charge is 0.243 e. The van der Waals surface area contributed by atoms with Crippen LogP contribution >= 0.6 is 0 Å². The molecule has 1 rings (SSSR count). The molecule has 0 aromatic carbocycles. The minimum atomic E-state index is -0.267. The van der Waals surface area contributed by atoms with Crippen molar-refractivity contribution in [1.82, 2.24) is 14.9 Å². The lowest BCUT2D eigenvalue weighted by Crippen LogP contribution is -2.38. The number of amides is 1. The first kappa shape index (κ1) is 13.7.